The summed E-state index contributed by atoms with van der Waals surface area (Å²) in [4.78, 5) is 0. The van der Waals surface area contributed by atoms with Gasteiger partial charge in [0, 0.05) is 11.1 Å². The lowest BCUT2D eigenvalue weighted by atomic mass is 10.0. The van der Waals surface area contributed by atoms with E-state index in [0.717, 1.165) is 11.3 Å². The molecule has 0 aliphatic heterocycles. The molecule has 0 aromatic heterocycles. The highest BCUT2D eigenvalue weighted by molar-refractivity contribution is 6.31. The molecular weight excluding hydrogens is 238 g/mol. The second-order valence-electron chi connectivity index (χ2n) is 4.48. The first-order valence-corrected chi connectivity index (χ1v) is 6.09. The molecule has 96 valence electrons. The summed E-state index contributed by atoms with van der Waals surface area (Å²) >= 11 is 6.04. The number of ether oxygens (including phenoxy) is 1. The van der Waals surface area contributed by atoms with Gasteiger partial charge in [0.1, 0.15) is 5.75 Å². The lowest BCUT2D eigenvalue weighted by Gasteiger charge is -2.23. The third-order valence-corrected chi connectivity index (χ3v) is 3.23. The van der Waals surface area contributed by atoms with E-state index in [2.05, 4.69) is 19.2 Å². The summed E-state index contributed by atoms with van der Waals surface area (Å²) in [5.41, 5.74) is 1.84. The molecule has 0 aliphatic rings. The molecule has 1 aromatic rings. The molecule has 1 aromatic carbocycles. The van der Waals surface area contributed by atoms with E-state index in [9.17, 15) is 5.11 Å². The zero-order chi connectivity index (χ0) is 13.0. The van der Waals surface area contributed by atoms with Crippen molar-refractivity contribution in [3.8, 4) is 5.75 Å². The van der Waals surface area contributed by atoms with Crippen LogP contribution in [0.3, 0.4) is 0 Å². The smallest absolute Gasteiger partial charge is 0.143 e. The Bertz CT molecular complexity index is 380. The fraction of sp³-hybridized carbons (Fsp3) is 0.538. The maximum Gasteiger partial charge on any atom is 0.143 e. The summed E-state index contributed by atoms with van der Waals surface area (Å²) in [5, 5.41) is 13.3. The Kier molecular flexibility index (Phi) is 5.09. The maximum atomic E-state index is 9.32. The minimum Gasteiger partial charge on any atom is -0.495 e. The molecule has 0 radical (unpaired) electrons. The molecule has 1 rings (SSSR count). The number of benzene rings is 1. The van der Waals surface area contributed by atoms with Gasteiger partial charge in [-0.25, -0.2) is 0 Å². The molecule has 2 N–H and O–H groups in total. The predicted octanol–water partition coefficient (Wildman–Crippen LogP) is 3.09. The van der Waals surface area contributed by atoms with Crippen LogP contribution in [0.15, 0.2) is 12.1 Å². The Hall–Kier alpha value is -0.930. The molecule has 0 aliphatic carbocycles. The highest BCUT2D eigenvalue weighted by Gasteiger charge is 2.15. The van der Waals surface area contributed by atoms with E-state index in [1.165, 1.54) is 0 Å². The SMILES string of the molecule is COc1cc(Cl)c(C)cc1NC(CO)C(C)C. The van der Waals surface area contributed by atoms with Crippen molar-refractivity contribution >= 4 is 17.3 Å². The van der Waals surface area contributed by atoms with Crippen molar-refractivity contribution in [2.24, 2.45) is 5.92 Å². The summed E-state index contributed by atoms with van der Waals surface area (Å²) in [6, 6.07) is 3.73. The van der Waals surface area contributed by atoms with Crippen molar-refractivity contribution < 1.29 is 9.84 Å². The van der Waals surface area contributed by atoms with Gasteiger partial charge in [-0.3, -0.25) is 0 Å². The van der Waals surface area contributed by atoms with E-state index >= 15 is 0 Å². The third kappa shape index (κ3) is 3.51. The number of anilines is 1. The molecule has 0 saturated heterocycles. The van der Waals surface area contributed by atoms with Crippen LogP contribution in [0.2, 0.25) is 5.02 Å². The van der Waals surface area contributed by atoms with Crippen molar-refractivity contribution in [1.29, 1.82) is 0 Å². The number of hydrogen-bond acceptors (Lipinski definition) is 3. The van der Waals surface area contributed by atoms with Crippen LogP contribution in [0.4, 0.5) is 5.69 Å². The van der Waals surface area contributed by atoms with Crippen LogP contribution >= 0.6 is 11.6 Å². The quantitative estimate of drug-likeness (QED) is 0.852. The van der Waals surface area contributed by atoms with Crippen LogP contribution in [0.1, 0.15) is 19.4 Å². The number of aliphatic hydroxyl groups is 1. The van der Waals surface area contributed by atoms with Gasteiger partial charge in [0.15, 0.2) is 0 Å². The Labute approximate surface area is 108 Å². The highest BCUT2D eigenvalue weighted by Crippen LogP contribution is 2.31. The monoisotopic (exact) mass is 257 g/mol. The fourth-order valence-corrected chi connectivity index (χ4v) is 1.72. The summed E-state index contributed by atoms with van der Waals surface area (Å²) in [7, 11) is 1.61. The first-order chi connectivity index (χ1) is 7.99. The number of aryl methyl sites for hydroxylation is 1. The molecule has 0 saturated carbocycles. The van der Waals surface area contributed by atoms with Crippen molar-refractivity contribution in [2.75, 3.05) is 19.0 Å². The topological polar surface area (TPSA) is 41.5 Å². The van der Waals surface area contributed by atoms with E-state index in [1.54, 1.807) is 13.2 Å². The summed E-state index contributed by atoms with van der Waals surface area (Å²) < 4.78 is 5.28. The summed E-state index contributed by atoms with van der Waals surface area (Å²) in [6.07, 6.45) is 0. The fourth-order valence-electron chi connectivity index (χ4n) is 1.57. The minimum absolute atomic E-state index is 0.00414. The molecule has 0 heterocycles. The van der Waals surface area contributed by atoms with Gasteiger partial charge in [-0.1, -0.05) is 25.4 Å². The zero-order valence-corrected chi connectivity index (χ0v) is 11.5. The van der Waals surface area contributed by atoms with Gasteiger partial charge < -0.3 is 15.2 Å². The van der Waals surface area contributed by atoms with E-state index in [-0.39, 0.29) is 12.6 Å². The molecule has 1 unspecified atom stereocenters. The Morgan fingerprint density at radius 2 is 2.06 bits per heavy atom. The normalized spacial score (nSPS) is 12.6. The van der Waals surface area contributed by atoms with Crippen LogP contribution < -0.4 is 10.1 Å². The molecule has 0 fully saturated rings. The first-order valence-electron chi connectivity index (χ1n) is 5.71. The molecule has 1 atom stereocenters. The molecular formula is C13H20ClNO2. The number of halogens is 1. The van der Waals surface area contributed by atoms with Gasteiger partial charge in [0.25, 0.3) is 0 Å². The number of nitrogens with one attached hydrogen (secondary N) is 1. The van der Waals surface area contributed by atoms with Crippen molar-refractivity contribution in [2.45, 2.75) is 26.8 Å². The highest BCUT2D eigenvalue weighted by atomic mass is 35.5. The standard InChI is InChI=1S/C13H20ClNO2/c1-8(2)12(7-16)15-11-5-9(3)10(14)6-13(11)17-4/h5-6,8,12,15-16H,7H2,1-4H3. The average Bonchev–Trinajstić information content (AvgIpc) is 2.29. The van der Waals surface area contributed by atoms with Gasteiger partial charge in [-0.05, 0) is 24.5 Å². The Morgan fingerprint density at radius 3 is 2.53 bits per heavy atom. The van der Waals surface area contributed by atoms with Gasteiger partial charge in [0.2, 0.25) is 0 Å². The Balaban J connectivity index is 3.00. The van der Waals surface area contributed by atoms with Crippen LogP contribution in [0.5, 0.6) is 5.75 Å². The molecule has 0 bridgehead atoms. The van der Waals surface area contributed by atoms with Crippen molar-refractivity contribution in [1.82, 2.24) is 0 Å². The van der Waals surface area contributed by atoms with Gasteiger partial charge >= 0.3 is 0 Å². The van der Waals surface area contributed by atoms with E-state index < -0.39 is 0 Å². The number of aliphatic hydroxyl groups excluding tert-OH is 1. The first kappa shape index (κ1) is 14.1. The lowest BCUT2D eigenvalue weighted by Crippen LogP contribution is -2.29. The van der Waals surface area contributed by atoms with E-state index in [4.69, 9.17) is 16.3 Å². The van der Waals surface area contributed by atoms with Gasteiger partial charge in [0.05, 0.1) is 25.4 Å². The Morgan fingerprint density at radius 1 is 1.41 bits per heavy atom. The maximum absolute atomic E-state index is 9.32. The number of hydrogen-bond donors (Lipinski definition) is 2. The minimum atomic E-state index is 0.00414. The summed E-state index contributed by atoms with van der Waals surface area (Å²) in [6.45, 7) is 6.14. The van der Waals surface area contributed by atoms with Crippen LogP contribution in [0.25, 0.3) is 0 Å². The van der Waals surface area contributed by atoms with Crippen molar-refractivity contribution in [3.05, 3.63) is 22.7 Å². The third-order valence-electron chi connectivity index (χ3n) is 2.82. The molecule has 3 nitrogen and oxygen atoms in total. The second kappa shape index (κ2) is 6.12. The van der Waals surface area contributed by atoms with Crippen LogP contribution in [0, 0.1) is 12.8 Å². The number of methoxy groups -OCH3 is 1. The zero-order valence-electron chi connectivity index (χ0n) is 10.7. The van der Waals surface area contributed by atoms with E-state index in [1.807, 2.05) is 13.0 Å². The summed E-state index contributed by atoms with van der Waals surface area (Å²) in [5.74, 6) is 1.03. The lowest BCUT2D eigenvalue weighted by molar-refractivity contribution is 0.249. The largest absolute Gasteiger partial charge is 0.495 e. The molecule has 0 spiro atoms. The molecule has 0 amide bonds. The van der Waals surface area contributed by atoms with Crippen LogP contribution in [-0.4, -0.2) is 24.9 Å². The van der Waals surface area contributed by atoms with Gasteiger partial charge in [-0.15, -0.1) is 0 Å². The van der Waals surface area contributed by atoms with Crippen molar-refractivity contribution in [3.63, 3.8) is 0 Å². The second-order valence-corrected chi connectivity index (χ2v) is 4.89. The van der Waals surface area contributed by atoms with Gasteiger partial charge in [-0.2, -0.15) is 0 Å². The molecule has 4 heteroatoms. The van der Waals surface area contributed by atoms with E-state index in [0.29, 0.717) is 16.7 Å². The number of rotatable bonds is 5. The predicted molar refractivity (Wildman–Crippen MR) is 72.1 cm³/mol. The van der Waals surface area contributed by atoms with Crippen LogP contribution in [-0.2, 0) is 0 Å². The molecule has 17 heavy (non-hydrogen) atoms. The average molecular weight is 258 g/mol.